The van der Waals surface area contributed by atoms with Gasteiger partial charge in [-0.15, -0.1) is 0 Å². The van der Waals surface area contributed by atoms with Crippen molar-refractivity contribution in [1.82, 2.24) is 0 Å². The molecule has 0 aromatic heterocycles. The van der Waals surface area contributed by atoms with Crippen LogP contribution < -0.4 is 5.32 Å². The first-order valence-corrected chi connectivity index (χ1v) is 6.73. The summed E-state index contributed by atoms with van der Waals surface area (Å²) >= 11 is 3.15. The van der Waals surface area contributed by atoms with Gasteiger partial charge in [-0.05, 0) is 46.5 Å². The summed E-state index contributed by atoms with van der Waals surface area (Å²) in [5.41, 5.74) is 0.562. The molecule has 1 aromatic rings. The van der Waals surface area contributed by atoms with E-state index in [1.165, 1.54) is 6.07 Å². The highest BCUT2D eigenvalue weighted by molar-refractivity contribution is 9.10. The van der Waals surface area contributed by atoms with Gasteiger partial charge in [0.15, 0.2) is 0 Å². The molecule has 102 valence electrons. The van der Waals surface area contributed by atoms with Gasteiger partial charge in [-0.25, -0.2) is 4.79 Å². The summed E-state index contributed by atoms with van der Waals surface area (Å²) in [6, 6.07) is 4.66. The van der Waals surface area contributed by atoms with Crippen molar-refractivity contribution in [2.75, 3.05) is 11.9 Å². The van der Waals surface area contributed by atoms with Gasteiger partial charge < -0.3 is 15.2 Å². The van der Waals surface area contributed by atoms with Crippen LogP contribution in [-0.4, -0.2) is 29.7 Å². The van der Waals surface area contributed by atoms with Crippen LogP contribution in [0.3, 0.4) is 0 Å². The van der Waals surface area contributed by atoms with Crippen LogP contribution in [-0.2, 0) is 9.53 Å². The van der Waals surface area contributed by atoms with Gasteiger partial charge in [-0.2, -0.15) is 0 Å². The first kappa shape index (κ1) is 14.0. The first-order chi connectivity index (χ1) is 8.99. The van der Waals surface area contributed by atoms with Crippen molar-refractivity contribution in [3.63, 3.8) is 0 Å². The largest absolute Gasteiger partial charge is 0.478 e. The van der Waals surface area contributed by atoms with Crippen molar-refractivity contribution >= 4 is 33.5 Å². The van der Waals surface area contributed by atoms with Crippen LogP contribution in [0.1, 0.15) is 23.7 Å². The summed E-state index contributed by atoms with van der Waals surface area (Å²) in [6.45, 7) is 2.54. The van der Waals surface area contributed by atoms with Gasteiger partial charge in [0.05, 0.1) is 5.56 Å². The summed E-state index contributed by atoms with van der Waals surface area (Å²) in [6.07, 6.45) is 0.399. The minimum absolute atomic E-state index is 0.109. The standard InChI is InChI=1S/C13H14BrNO4/c1-7-4-5-19-11(7)12(16)15-8-2-3-10(14)9(6-8)13(17)18/h2-3,6-7,11H,4-5H2,1H3,(H,15,16)(H,17,18). The maximum Gasteiger partial charge on any atom is 0.336 e. The molecule has 2 N–H and O–H groups in total. The zero-order valence-electron chi connectivity index (χ0n) is 10.4. The number of halogens is 1. The summed E-state index contributed by atoms with van der Waals surface area (Å²) < 4.78 is 5.84. The number of rotatable bonds is 3. The molecule has 2 unspecified atom stereocenters. The lowest BCUT2D eigenvalue weighted by Crippen LogP contribution is -2.31. The van der Waals surface area contributed by atoms with Crippen molar-refractivity contribution in [3.8, 4) is 0 Å². The minimum Gasteiger partial charge on any atom is -0.478 e. The van der Waals surface area contributed by atoms with E-state index in [0.29, 0.717) is 16.8 Å². The summed E-state index contributed by atoms with van der Waals surface area (Å²) in [4.78, 5) is 23.0. The average molecular weight is 328 g/mol. The molecule has 6 heteroatoms. The van der Waals surface area contributed by atoms with E-state index in [-0.39, 0.29) is 17.4 Å². The average Bonchev–Trinajstić information content (AvgIpc) is 2.77. The molecule has 2 rings (SSSR count). The normalized spacial score (nSPS) is 22.2. The van der Waals surface area contributed by atoms with Crippen LogP contribution >= 0.6 is 15.9 Å². The molecule has 0 bridgehead atoms. The molecular formula is C13H14BrNO4. The molecule has 0 radical (unpaired) electrons. The van der Waals surface area contributed by atoms with E-state index in [1.54, 1.807) is 12.1 Å². The Labute approximate surface area is 119 Å². The molecule has 1 saturated heterocycles. The van der Waals surface area contributed by atoms with Crippen molar-refractivity contribution < 1.29 is 19.4 Å². The summed E-state index contributed by atoms with van der Waals surface area (Å²) in [5, 5.41) is 11.7. The Balaban J connectivity index is 2.13. The van der Waals surface area contributed by atoms with E-state index in [4.69, 9.17) is 9.84 Å². The summed E-state index contributed by atoms with van der Waals surface area (Å²) in [7, 11) is 0. The second kappa shape index (κ2) is 5.71. The Hall–Kier alpha value is -1.40. The third kappa shape index (κ3) is 3.13. The molecule has 5 nitrogen and oxygen atoms in total. The smallest absolute Gasteiger partial charge is 0.336 e. The predicted molar refractivity (Wildman–Crippen MR) is 73.3 cm³/mol. The van der Waals surface area contributed by atoms with Crippen molar-refractivity contribution in [2.24, 2.45) is 5.92 Å². The third-order valence-corrected chi connectivity index (χ3v) is 3.80. The van der Waals surface area contributed by atoms with Crippen LogP contribution in [0.25, 0.3) is 0 Å². The third-order valence-electron chi connectivity index (χ3n) is 3.11. The Morgan fingerprint density at radius 2 is 2.21 bits per heavy atom. The van der Waals surface area contributed by atoms with Crippen LogP contribution in [0.4, 0.5) is 5.69 Å². The molecule has 1 aliphatic rings. The second-order valence-corrected chi connectivity index (χ2v) is 5.40. The van der Waals surface area contributed by atoms with Gasteiger partial charge in [-0.1, -0.05) is 6.92 Å². The lowest BCUT2D eigenvalue weighted by molar-refractivity contribution is -0.126. The quantitative estimate of drug-likeness (QED) is 0.894. The van der Waals surface area contributed by atoms with Gasteiger partial charge >= 0.3 is 5.97 Å². The Kier molecular flexibility index (Phi) is 4.21. The highest BCUT2D eigenvalue weighted by Crippen LogP contribution is 2.24. The Bertz CT molecular complexity index is 517. The lowest BCUT2D eigenvalue weighted by atomic mass is 10.0. The van der Waals surface area contributed by atoms with Crippen LogP contribution in [0.2, 0.25) is 0 Å². The molecule has 0 aliphatic carbocycles. The van der Waals surface area contributed by atoms with Crippen LogP contribution in [0.15, 0.2) is 22.7 Å². The van der Waals surface area contributed by atoms with E-state index in [9.17, 15) is 9.59 Å². The number of carboxylic acid groups (broad SMARTS) is 1. The van der Waals surface area contributed by atoms with E-state index >= 15 is 0 Å². The highest BCUT2D eigenvalue weighted by atomic mass is 79.9. The molecule has 0 spiro atoms. The number of carbonyl (C=O) groups is 2. The molecule has 1 amide bonds. The zero-order valence-corrected chi connectivity index (χ0v) is 11.9. The fraction of sp³-hybridized carbons (Fsp3) is 0.385. The molecule has 1 heterocycles. The minimum atomic E-state index is -1.05. The molecule has 0 saturated carbocycles. The maximum atomic E-state index is 12.0. The number of benzene rings is 1. The number of carboxylic acids is 1. The van der Waals surface area contributed by atoms with Crippen molar-refractivity contribution in [1.29, 1.82) is 0 Å². The number of ether oxygens (including phenoxy) is 1. The maximum absolute atomic E-state index is 12.0. The van der Waals surface area contributed by atoms with Gasteiger partial charge in [0, 0.05) is 16.8 Å². The molecular weight excluding hydrogens is 314 g/mol. The zero-order chi connectivity index (χ0) is 14.0. The number of carbonyl (C=O) groups excluding carboxylic acids is 1. The van der Waals surface area contributed by atoms with Crippen molar-refractivity contribution in [3.05, 3.63) is 28.2 Å². The van der Waals surface area contributed by atoms with Gasteiger partial charge in [0.2, 0.25) is 0 Å². The number of nitrogens with one attached hydrogen (secondary N) is 1. The fourth-order valence-electron chi connectivity index (χ4n) is 2.01. The van der Waals surface area contributed by atoms with Gasteiger partial charge in [0.25, 0.3) is 5.91 Å². The molecule has 1 fully saturated rings. The number of aromatic carboxylic acids is 1. The molecule has 2 atom stereocenters. The fourth-order valence-corrected chi connectivity index (χ4v) is 2.43. The number of hydrogen-bond donors (Lipinski definition) is 2. The monoisotopic (exact) mass is 327 g/mol. The molecule has 1 aromatic carbocycles. The number of hydrogen-bond acceptors (Lipinski definition) is 3. The van der Waals surface area contributed by atoms with Gasteiger partial charge in [-0.3, -0.25) is 4.79 Å². The summed E-state index contributed by atoms with van der Waals surface area (Å²) in [5.74, 6) is -1.11. The highest BCUT2D eigenvalue weighted by Gasteiger charge is 2.30. The second-order valence-electron chi connectivity index (χ2n) is 4.55. The van der Waals surface area contributed by atoms with E-state index in [2.05, 4.69) is 21.2 Å². The van der Waals surface area contributed by atoms with Crippen LogP contribution in [0.5, 0.6) is 0 Å². The number of amides is 1. The molecule has 1 aliphatic heterocycles. The van der Waals surface area contributed by atoms with E-state index in [0.717, 1.165) is 6.42 Å². The van der Waals surface area contributed by atoms with Crippen LogP contribution in [0, 0.1) is 5.92 Å². The SMILES string of the molecule is CC1CCOC1C(=O)Nc1ccc(Br)c(C(=O)O)c1. The lowest BCUT2D eigenvalue weighted by Gasteiger charge is -2.14. The first-order valence-electron chi connectivity index (χ1n) is 5.94. The van der Waals surface area contributed by atoms with Gasteiger partial charge in [0.1, 0.15) is 6.10 Å². The number of anilines is 1. The Morgan fingerprint density at radius 1 is 1.47 bits per heavy atom. The van der Waals surface area contributed by atoms with E-state index in [1.807, 2.05) is 6.92 Å². The topological polar surface area (TPSA) is 75.6 Å². The predicted octanol–water partition coefficient (Wildman–Crippen LogP) is 2.51. The van der Waals surface area contributed by atoms with Crippen molar-refractivity contribution in [2.45, 2.75) is 19.4 Å². The molecule has 19 heavy (non-hydrogen) atoms. The van der Waals surface area contributed by atoms with E-state index < -0.39 is 12.1 Å². The Morgan fingerprint density at radius 3 is 2.79 bits per heavy atom.